The van der Waals surface area contributed by atoms with Gasteiger partial charge in [-0.1, -0.05) is 6.92 Å². The first kappa shape index (κ1) is 10.9. The molecule has 1 aromatic rings. The highest BCUT2D eigenvalue weighted by Gasteiger charge is 2.08. The van der Waals surface area contributed by atoms with Crippen molar-refractivity contribution in [3.63, 3.8) is 0 Å². The van der Waals surface area contributed by atoms with Gasteiger partial charge in [0.05, 0.1) is 13.7 Å². The highest BCUT2D eigenvalue weighted by Crippen LogP contribution is 2.29. The molecule has 1 atom stereocenters. The van der Waals surface area contributed by atoms with Crippen molar-refractivity contribution < 1.29 is 9.47 Å². The standard InChI is InChI=1S/C12H17O2/c1-5-14-10-6-7-12(13-4)11(8-10)9(2)3/h6-9H,2,5H2,1,3-4H3. The molecular weight excluding hydrogens is 176 g/mol. The SMILES string of the molecule is [CH2]C(C)c1cc(OCC)ccc1OC. The second kappa shape index (κ2) is 4.89. The van der Waals surface area contributed by atoms with Gasteiger partial charge in [0.2, 0.25) is 0 Å². The lowest BCUT2D eigenvalue weighted by Gasteiger charge is -2.13. The molecule has 1 rings (SSSR count). The van der Waals surface area contributed by atoms with E-state index in [0.717, 1.165) is 17.1 Å². The number of hydrogen-bond donors (Lipinski definition) is 0. The van der Waals surface area contributed by atoms with Crippen LogP contribution in [-0.2, 0) is 0 Å². The van der Waals surface area contributed by atoms with Gasteiger partial charge in [-0.2, -0.15) is 0 Å². The maximum atomic E-state index is 5.41. The molecule has 0 fully saturated rings. The average molecular weight is 193 g/mol. The van der Waals surface area contributed by atoms with Gasteiger partial charge in [-0.15, -0.1) is 0 Å². The van der Waals surface area contributed by atoms with Crippen LogP contribution in [0.15, 0.2) is 18.2 Å². The van der Waals surface area contributed by atoms with E-state index in [1.165, 1.54) is 0 Å². The van der Waals surface area contributed by atoms with E-state index in [4.69, 9.17) is 9.47 Å². The van der Waals surface area contributed by atoms with Gasteiger partial charge in [0.15, 0.2) is 0 Å². The first-order chi connectivity index (χ1) is 6.69. The van der Waals surface area contributed by atoms with Crippen LogP contribution < -0.4 is 9.47 Å². The molecular formula is C12H17O2. The van der Waals surface area contributed by atoms with Crippen LogP contribution in [0.2, 0.25) is 0 Å². The van der Waals surface area contributed by atoms with Crippen LogP contribution in [0.1, 0.15) is 25.3 Å². The predicted molar refractivity (Wildman–Crippen MR) is 57.9 cm³/mol. The van der Waals surface area contributed by atoms with Crippen molar-refractivity contribution >= 4 is 0 Å². The normalized spacial score (nSPS) is 10.4. The summed E-state index contributed by atoms with van der Waals surface area (Å²) in [5.74, 6) is 1.94. The Hall–Kier alpha value is -1.18. The third-order valence-corrected chi connectivity index (χ3v) is 2.04. The fourth-order valence-electron chi connectivity index (χ4n) is 1.35. The summed E-state index contributed by atoms with van der Waals surface area (Å²) in [7, 11) is 1.67. The van der Waals surface area contributed by atoms with Crippen molar-refractivity contribution in [2.24, 2.45) is 0 Å². The van der Waals surface area contributed by atoms with Gasteiger partial charge in [-0.3, -0.25) is 0 Å². The second-order valence-electron chi connectivity index (χ2n) is 3.24. The van der Waals surface area contributed by atoms with E-state index in [-0.39, 0.29) is 5.92 Å². The maximum Gasteiger partial charge on any atom is 0.122 e. The Morgan fingerprint density at radius 2 is 2.14 bits per heavy atom. The van der Waals surface area contributed by atoms with Crippen LogP contribution in [0, 0.1) is 6.92 Å². The summed E-state index contributed by atoms with van der Waals surface area (Å²) in [5, 5.41) is 0. The number of rotatable bonds is 4. The van der Waals surface area contributed by atoms with Crippen LogP contribution in [0.25, 0.3) is 0 Å². The van der Waals surface area contributed by atoms with Gasteiger partial charge in [0.1, 0.15) is 11.5 Å². The quantitative estimate of drug-likeness (QED) is 0.731. The Bertz CT molecular complexity index is 292. The highest BCUT2D eigenvalue weighted by molar-refractivity contribution is 5.42. The molecule has 1 radical (unpaired) electrons. The molecule has 2 nitrogen and oxygen atoms in total. The topological polar surface area (TPSA) is 18.5 Å². The minimum atomic E-state index is 0.199. The second-order valence-corrected chi connectivity index (χ2v) is 3.24. The molecule has 2 heteroatoms. The molecule has 0 spiro atoms. The van der Waals surface area contributed by atoms with Gasteiger partial charge in [-0.25, -0.2) is 0 Å². The molecule has 0 amide bonds. The summed E-state index contributed by atoms with van der Waals surface area (Å²) in [6, 6.07) is 5.82. The third-order valence-electron chi connectivity index (χ3n) is 2.04. The van der Waals surface area contributed by atoms with E-state index < -0.39 is 0 Å². The highest BCUT2D eigenvalue weighted by atomic mass is 16.5. The number of hydrogen-bond acceptors (Lipinski definition) is 2. The summed E-state index contributed by atoms with van der Waals surface area (Å²) in [5.41, 5.74) is 1.08. The molecule has 0 N–H and O–H groups in total. The van der Waals surface area contributed by atoms with Crippen LogP contribution >= 0.6 is 0 Å². The fraction of sp³-hybridized carbons (Fsp3) is 0.417. The van der Waals surface area contributed by atoms with Gasteiger partial charge in [0.25, 0.3) is 0 Å². The van der Waals surface area contributed by atoms with Crippen LogP contribution in [0.5, 0.6) is 11.5 Å². The monoisotopic (exact) mass is 193 g/mol. The Morgan fingerprint density at radius 3 is 2.64 bits per heavy atom. The number of ether oxygens (including phenoxy) is 2. The summed E-state index contributed by atoms with van der Waals surface area (Å²) in [4.78, 5) is 0. The summed E-state index contributed by atoms with van der Waals surface area (Å²) in [6.45, 7) is 8.67. The van der Waals surface area contributed by atoms with E-state index in [0.29, 0.717) is 6.61 Å². The van der Waals surface area contributed by atoms with Crippen molar-refractivity contribution in [1.82, 2.24) is 0 Å². The van der Waals surface area contributed by atoms with E-state index in [1.54, 1.807) is 7.11 Å². The molecule has 77 valence electrons. The Balaban J connectivity index is 3.01. The predicted octanol–water partition coefficient (Wildman–Crippen LogP) is 3.03. The molecule has 0 aliphatic carbocycles. The molecule has 0 heterocycles. The van der Waals surface area contributed by atoms with Gasteiger partial charge in [0, 0.05) is 5.56 Å². The molecule has 1 aromatic carbocycles. The molecule has 0 aliphatic heterocycles. The summed E-state index contributed by atoms with van der Waals surface area (Å²) in [6.07, 6.45) is 0. The molecule has 0 bridgehead atoms. The molecule has 0 saturated carbocycles. The van der Waals surface area contributed by atoms with E-state index in [2.05, 4.69) is 6.92 Å². The summed E-state index contributed by atoms with van der Waals surface area (Å²) < 4.78 is 10.7. The zero-order valence-corrected chi connectivity index (χ0v) is 9.04. The first-order valence-electron chi connectivity index (χ1n) is 4.82. The Kier molecular flexibility index (Phi) is 3.81. The van der Waals surface area contributed by atoms with Crippen molar-refractivity contribution in [2.75, 3.05) is 13.7 Å². The lowest BCUT2D eigenvalue weighted by molar-refractivity contribution is 0.338. The smallest absolute Gasteiger partial charge is 0.122 e. The lowest BCUT2D eigenvalue weighted by atomic mass is 10.0. The van der Waals surface area contributed by atoms with Gasteiger partial charge in [-0.05, 0) is 38.0 Å². The van der Waals surface area contributed by atoms with Crippen molar-refractivity contribution in [1.29, 1.82) is 0 Å². The number of benzene rings is 1. The molecule has 0 saturated heterocycles. The largest absolute Gasteiger partial charge is 0.496 e. The molecule has 0 aromatic heterocycles. The van der Waals surface area contributed by atoms with E-state index >= 15 is 0 Å². The van der Waals surface area contributed by atoms with E-state index in [9.17, 15) is 0 Å². The zero-order chi connectivity index (χ0) is 10.6. The van der Waals surface area contributed by atoms with Crippen LogP contribution in [-0.4, -0.2) is 13.7 Å². The zero-order valence-electron chi connectivity index (χ0n) is 9.04. The summed E-state index contributed by atoms with van der Waals surface area (Å²) >= 11 is 0. The molecule has 0 aliphatic rings. The van der Waals surface area contributed by atoms with Crippen molar-refractivity contribution in [2.45, 2.75) is 19.8 Å². The Morgan fingerprint density at radius 1 is 1.43 bits per heavy atom. The molecule has 1 unspecified atom stereocenters. The average Bonchev–Trinajstić information content (AvgIpc) is 2.18. The third kappa shape index (κ3) is 2.41. The molecule has 14 heavy (non-hydrogen) atoms. The minimum absolute atomic E-state index is 0.199. The lowest BCUT2D eigenvalue weighted by Crippen LogP contribution is -1.97. The Labute approximate surface area is 85.8 Å². The van der Waals surface area contributed by atoms with E-state index in [1.807, 2.05) is 32.0 Å². The van der Waals surface area contributed by atoms with Crippen molar-refractivity contribution in [3.05, 3.63) is 30.7 Å². The minimum Gasteiger partial charge on any atom is -0.496 e. The number of methoxy groups -OCH3 is 1. The maximum absolute atomic E-state index is 5.41. The van der Waals surface area contributed by atoms with Crippen molar-refractivity contribution in [3.8, 4) is 11.5 Å². The van der Waals surface area contributed by atoms with Gasteiger partial charge < -0.3 is 9.47 Å². The fourth-order valence-corrected chi connectivity index (χ4v) is 1.35. The van der Waals surface area contributed by atoms with Crippen LogP contribution in [0.4, 0.5) is 0 Å². The van der Waals surface area contributed by atoms with Gasteiger partial charge >= 0.3 is 0 Å². The first-order valence-corrected chi connectivity index (χ1v) is 4.82. The van der Waals surface area contributed by atoms with Crippen LogP contribution in [0.3, 0.4) is 0 Å².